The Hall–Kier alpha value is -2.02. The van der Waals surface area contributed by atoms with Gasteiger partial charge in [0.15, 0.2) is 10.8 Å². The van der Waals surface area contributed by atoms with Gasteiger partial charge in [-0.15, -0.1) is 0 Å². The molecular weight excluding hydrogens is 246 g/mol. The van der Waals surface area contributed by atoms with Crippen LogP contribution in [0.2, 0.25) is 5.15 Å². The summed E-state index contributed by atoms with van der Waals surface area (Å²) in [6.45, 7) is 1.32. The number of nitrogens with zero attached hydrogens (tertiary/aromatic N) is 3. The number of halogens is 1. The zero-order chi connectivity index (χ0) is 12.4. The minimum atomic E-state index is -0.483. The van der Waals surface area contributed by atoms with Gasteiger partial charge in [0.05, 0.1) is 12.7 Å². The fourth-order valence-corrected chi connectivity index (χ4v) is 1.47. The predicted octanol–water partition coefficient (Wildman–Crippen LogP) is 0.924. The molecule has 0 spiro atoms. The Balaban J connectivity index is 2.24. The monoisotopic (exact) mass is 253 g/mol. The summed E-state index contributed by atoms with van der Waals surface area (Å²) >= 11 is 5.85. The first-order valence-electron chi connectivity index (χ1n) is 4.72. The number of H-pyrrole nitrogens is 1. The number of anilines is 1. The number of amides is 1. The quantitative estimate of drug-likeness (QED) is 0.626. The van der Waals surface area contributed by atoms with Crippen LogP contribution in [0, 0.1) is 0 Å². The van der Waals surface area contributed by atoms with Crippen LogP contribution < -0.4 is 5.32 Å². The van der Waals surface area contributed by atoms with E-state index in [2.05, 4.69) is 25.3 Å². The fraction of sp³-hybridized carbons (Fsp3) is 0.222. The molecule has 2 heterocycles. The predicted molar refractivity (Wildman–Crippen MR) is 60.6 cm³/mol. The van der Waals surface area contributed by atoms with Crippen molar-refractivity contribution in [3.63, 3.8) is 0 Å². The second kappa shape index (κ2) is 4.46. The van der Waals surface area contributed by atoms with Gasteiger partial charge in [0.1, 0.15) is 11.3 Å². The van der Waals surface area contributed by atoms with Gasteiger partial charge >= 0.3 is 0 Å². The first kappa shape index (κ1) is 11.5. The van der Waals surface area contributed by atoms with Gasteiger partial charge in [0.25, 0.3) is 0 Å². The fourth-order valence-electron chi connectivity index (χ4n) is 1.25. The van der Waals surface area contributed by atoms with Crippen LogP contribution in [0.5, 0.6) is 0 Å². The first-order chi connectivity index (χ1) is 8.06. The van der Waals surface area contributed by atoms with Crippen LogP contribution in [0.25, 0.3) is 11.2 Å². The number of aromatic amines is 1. The Morgan fingerprint density at radius 2 is 2.24 bits per heavy atom. The van der Waals surface area contributed by atoms with Gasteiger partial charge in [-0.2, -0.15) is 9.97 Å². The van der Waals surface area contributed by atoms with Crippen LogP contribution >= 0.6 is 11.6 Å². The summed E-state index contributed by atoms with van der Waals surface area (Å²) in [4.78, 5) is 36.6. The molecule has 0 aliphatic heterocycles. The van der Waals surface area contributed by atoms with Crippen molar-refractivity contribution >= 4 is 40.4 Å². The lowest BCUT2D eigenvalue weighted by molar-refractivity contribution is -0.124. The molecule has 0 atom stereocenters. The van der Waals surface area contributed by atoms with Crippen LogP contribution in [0.15, 0.2) is 6.33 Å². The number of aromatic nitrogens is 4. The number of Topliss-reactive ketones (excluding diaryl/α,β-unsaturated/α-hetero) is 1. The van der Waals surface area contributed by atoms with E-state index in [0.717, 1.165) is 0 Å². The van der Waals surface area contributed by atoms with Crippen molar-refractivity contribution < 1.29 is 9.59 Å². The third kappa shape index (κ3) is 2.56. The summed E-state index contributed by atoms with van der Waals surface area (Å²) in [6, 6.07) is 0. The van der Waals surface area contributed by atoms with E-state index >= 15 is 0 Å². The highest BCUT2D eigenvalue weighted by molar-refractivity contribution is 6.33. The molecule has 8 heteroatoms. The third-order valence-corrected chi connectivity index (χ3v) is 2.18. The van der Waals surface area contributed by atoms with Gasteiger partial charge in [-0.1, -0.05) is 11.6 Å². The molecule has 17 heavy (non-hydrogen) atoms. The van der Waals surface area contributed by atoms with Crippen molar-refractivity contribution in [3.8, 4) is 0 Å². The average Bonchev–Trinajstić information content (AvgIpc) is 2.64. The standard InChI is InChI=1S/C9H8ClN5O2/c1-4(16)2-5(17)13-9-14-7(10)6-8(15-9)12-3-11-6/h3H,2H2,1H3,(H2,11,12,13,14,15,17). The second-order valence-electron chi connectivity index (χ2n) is 3.37. The molecule has 2 N–H and O–H groups in total. The number of imidazole rings is 1. The van der Waals surface area contributed by atoms with Gasteiger partial charge in [0, 0.05) is 0 Å². The number of carbonyl (C=O) groups excluding carboxylic acids is 2. The third-order valence-electron chi connectivity index (χ3n) is 1.90. The molecule has 0 aliphatic rings. The average molecular weight is 254 g/mol. The van der Waals surface area contributed by atoms with E-state index in [4.69, 9.17) is 11.6 Å². The van der Waals surface area contributed by atoms with Gasteiger partial charge in [0.2, 0.25) is 11.9 Å². The molecular formula is C9H8ClN5O2. The minimum absolute atomic E-state index is 0.0286. The molecule has 0 aliphatic carbocycles. The van der Waals surface area contributed by atoms with Gasteiger partial charge in [-0.3, -0.25) is 14.9 Å². The smallest absolute Gasteiger partial charge is 0.234 e. The Morgan fingerprint density at radius 1 is 1.47 bits per heavy atom. The van der Waals surface area contributed by atoms with E-state index in [1.165, 1.54) is 13.3 Å². The van der Waals surface area contributed by atoms with Crippen LogP contribution in [-0.2, 0) is 9.59 Å². The van der Waals surface area contributed by atoms with Gasteiger partial charge < -0.3 is 4.98 Å². The molecule has 0 fully saturated rings. The number of ketones is 1. The zero-order valence-electron chi connectivity index (χ0n) is 8.82. The lowest BCUT2D eigenvalue weighted by Gasteiger charge is -2.02. The highest BCUT2D eigenvalue weighted by Gasteiger charge is 2.11. The molecule has 0 unspecified atom stereocenters. The molecule has 0 radical (unpaired) electrons. The number of hydrogen-bond donors (Lipinski definition) is 2. The molecule has 0 aromatic carbocycles. The molecule has 7 nitrogen and oxygen atoms in total. The second-order valence-corrected chi connectivity index (χ2v) is 3.72. The molecule has 0 bridgehead atoms. The lowest BCUT2D eigenvalue weighted by atomic mass is 10.3. The molecule has 2 aromatic heterocycles. The van der Waals surface area contributed by atoms with E-state index in [9.17, 15) is 9.59 Å². The van der Waals surface area contributed by atoms with E-state index in [-0.39, 0.29) is 23.3 Å². The lowest BCUT2D eigenvalue weighted by Crippen LogP contribution is -2.16. The van der Waals surface area contributed by atoms with Crippen molar-refractivity contribution in [2.75, 3.05) is 5.32 Å². The topological polar surface area (TPSA) is 101 Å². The Kier molecular flexibility index (Phi) is 3.01. The number of nitrogens with one attached hydrogen (secondary N) is 2. The summed E-state index contributed by atoms with van der Waals surface area (Å²) in [5.74, 6) is -0.696. The largest absolute Gasteiger partial charge is 0.341 e. The normalized spacial score (nSPS) is 10.5. The summed E-state index contributed by atoms with van der Waals surface area (Å²) in [6.07, 6.45) is 1.20. The van der Waals surface area contributed by atoms with E-state index in [1.807, 2.05) is 0 Å². The Labute approximate surface area is 101 Å². The maximum Gasteiger partial charge on any atom is 0.234 e. The first-order valence-corrected chi connectivity index (χ1v) is 5.10. The van der Waals surface area contributed by atoms with Crippen LogP contribution in [-0.4, -0.2) is 31.6 Å². The molecule has 2 rings (SSSR count). The summed E-state index contributed by atoms with van der Waals surface area (Å²) in [5, 5.41) is 2.53. The van der Waals surface area contributed by atoms with E-state index in [0.29, 0.717) is 11.2 Å². The number of rotatable bonds is 3. The molecule has 88 valence electrons. The SMILES string of the molecule is CC(=O)CC(=O)Nc1nc(Cl)c2[nH]cnc2n1. The van der Waals surface area contributed by atoms with Crippen molar-refractivity contribution in [1.82, 2.24) is 19.9 Å². The Bertz CT molecular complexity index is 594. The highest BCUT2D eigenvalue weighted by Crippen LogP contribution is 2.18. The number of carbonyl (C=O) groups is 2. The summed E-state index contributed by atoms with van der Waals surface area (Å²) in [5.41, 5.74) is 0.847. The molecule has 0 saturated carbocycles. The number of hydrogen-bond acceptors (Lipinski definition) is 5. The van der Waals surface area contributed by atoms with Crippen molar-refractivity contribution in [3.05, 3.63) is 11.5 Å². The zero-order valence-corrected chi connectivity index (χ0v) is 9.58. The number of fused-ring (bicyclic) bond motifs is 1. The maximum absolute atomic E-state index is 11.3. The van der Waals surface area contributed by atoms with E-state index < -0.39 is 5.91 Å². The van der Waals surface area contributed by atoms with Gasteiger partial charge in [-0.05, 0) is 6.92 Å². The molecule has 1 amide bonds. The van der Waals surface area contributed by atoms with Gasteiger partial charge in [-0.25, -0.2) is 4.98 Å². The van der Waals surface area contributed by atoms with Crippen LogP contribution in [0.4, 0.5) is 5.95 Å². The van der Waals surface area contributed by atoms with Crippen molar-refractivity contribution in [2.24, 2.45) is 0 Å². The van der Waals surface area contributed by atoms with Crippen LogP contribution in [0.3, 0.4) is 0 Å². The summed E-state index contributed by atoms with van der Waals surface area (Å²) in [7, 11) is 0. The summed E-state index contributed by atoms with van der Waals surface area (Å²) < 4.78 is 0. The van der Waals surface area contributed by atoms with E-state index in [1.54, 1.807) is 0 Å². The highest BCUT2D eigenvalue weighted by atomic mass is 35.5. The van der Waals surface area contributed by atoms with Crippen molar-refractivity contribution in [2.45, 2.75) is 13.3 Å². The Morgan fingerprint density at radius 3 is 2.94 bits per heavy atom. The van der Waals surface area contributed by atoms with Crippen molar-refractivity contribution in [1.29, 1.82) is 0 Å². The maximum atomic E-state index is 11.3. The van der Waals surface area contributed by atoms with Crippen LogP contribution in [0.1, 0.15) is 13.3 Å². The minimum Gasteiger partial charge on any atom is -0.341 e. The molecule has 0 saturated heterocycles. The molecule has 2 aromatic rings.